The molecule has 0 bridgehead atoms. The number of alkyl halides is 2. The van der Waals surface area contributed by atoms with Crippen LogP contribution in [-0.2, 0) is 10.7 Å². The van der Waals surface area contributed by atoms with Crippen LogP contribution in [0.2, 0.25) is 0 Å². The summed E-state index contributed by atoms with van der Waals surface area (Å²) in [4.78, 5) is 19.9. The third-order valence-electron chi connectivity index (χ3n) is 3.88. The molecule has 0 saturated heterocycles. The van der Waals surface area contributed by atoms with E-state index in [2.05, 4.69) is 15.3 Å². The lowest BCUT2D eigenvalue weighted by Gasteiger charge is -2.21. The van der Waals surface area contributed by atoms with E-state index in [9.17, 15) is 13.6 Å². The second-order valence-electron chi connectivity index (χ2n) is 6.05. The van der Waals surface area contributed by atoms with Crippen LogP contribution in [0.4, 0.5) is 14.5 Å². The van der Waals surface area contributed by atoms with Gasteiger partial charge >= 0.3 is 0 Å². The highest BCUT2D eigenvalue weighted by atomic mass is 19.3. The molecule has 0 saturated carbocycles. The maximum absolute atomic E-state index is 14.8. The summed E-state index contributed by atoms with van der Waals surface area (Å²) in [6.45, 7) is 0.665. The second-order valence-corrected chi connectivity index (χ2v) is 6.05. The van der Waals surface area contributed by atoms with Crippen molar-refractivity contribution in [3.8, 4) is 11.8 Å². The standard InChI is InChI=1S/C20H21F2N5O3/c1-3-30-17-7-5-14(27-19(28)16-6-4-13(9-23)10-26-16)8-15(17)20(21,22)12-29-11-18(24)25-2/h4-8,10H,3,11-12H2,1-2H3,(H2,24,25)(H,27,28). The Morgan fingerprint density at radius 1 is 1.37 bits per heavy atom. The van der Waals surface area contributed by atoms with Crippen molar-refractivity contribution in [2.45, 2.75) is 12.8 Å². The predicted octanol–water partition coefficient (Wildman–Crippen LogP) is 2.70. The number of ether oxygens (including phenoxy) is 2. The fourth-order valence-electron chi connectivity index (χ4n) is 2.39. The van der Waals surface area contributed by atoms with Crippen LogP contribution in [-0.4, -0.2) is 43.6 Å². The smallest absolute Gasteiger partial charge is 0.299 e. The first-order valence-corrected chi connectivity index (χ1v) is 8.92. The molecule has 0 aliphatic heterocycles. The number of hydrogen-bond acceptors (Lipinski definition) is 6. The first-order valence-electron chi connectivity index (χ1n) is 8.92. The highest BCUT2D eigenvalue weighted by molar-refractivity contribution is 6.03. The number of rotatable bonds is 9. The number of carbonyl (C=O) groups is 1. The lowest BCUT2D eigenvalue weighted by Crippen LogP contribution is -2.27. The van der Waals surface area contributed by atoms with Crippen LogP contribution in [0.25, 0.3) is 0 Å². The molecule has 8 nitrogen and oxygen atoms in total. The molecule has 0 spiro atoms. The highest BCUT2D eigenvalue weighted by Gasteiger charge is 2.36. The molecular formula is C20H21F2N5O3. The van der Waals surface area contributed by atoms with Gasteiger partial charge in [0.2, 0.25) is 0 Å². The van der Waals surface area contributed by atoms with E-state index in [1.165, 1.54) is 37.5 Å². The number of nitriles is 1. The summed E-state index contributed by atoms with van der Waals surface area (Å²) >= 11 is 0. The van der Waals surface area contributed by atoms with E-state index < -0.39 is 24.0 Å². The Hall–Kier alpha value is -3.58. The number of benzene rings is 1. The Labute approximate surface area is 172 Å². The van der Waals surface area contributed by atoms with Crippen LogP contribution in [0, 0.1) is 11.3 Å². The van der Waals surface area contributed by atoms with Crippen molar-refractivity contribution < 1.29 is 23.0 Å². The van der Waals surface area contributed by atoms with Crippen molar-refractivity contribution in [3.63, 3.8) is 0 Å². The van der Waals surface area contributed by atoms with Crippen LogP contribution in [0.15, 0.2) is 41.5 Å². The molecule has 1 aromatic heterocycles. The average Bonchev–Trinajstić information content (AvgIpc) is 2.74. The second kappa shape index (κ2) is 10.3. The number of anilines is 1. The fourth-order valence-corrected chi connectivity index (χ4v) is 2.39. The number of nitrogens with one attached hydrogen (secondary N) is 1. The van der Waals surface area contributed by atoms with Crippen LogP contribution < -0.4 is 15.8 Å². The molecule has 3 N–H and O–H groups in total. The number of nitrogens with two attached hydrogens (primary N) is 1. The van der Waals surface area contributed by atoms with Gasteiger partial charge in [0.1, 0.15) is 36.6 Å². The SMILES string of the molecule is CCOc1ccc(NC(=O)c2ccc(C#N)cn2)cc1C(F)(F)COCC(N)=NC. The number of halogens is 2. The molecule has 0 radical (unpaired) electrons. The Morgan fingerprint density at radius 2 is 2.13 bits per heavy atom. The van der Waals surface area contributed by atoms with Crippen molar-refractivity contribution in [2.75, 3.05) is 32.2 Å². The molecule has 158 valence electrons. The molecule has 0 atom stereocenters. The van der Waals surface area contributed by atoms with Crippen molar-refractivity contribution in [1.29, 1.82) is 5.26 Å². The summed E-state index contributed by atoms with van der Waals surface area (Å²) in [5.41, 5.74) is 5.47. The third-order valence-corrected chi connectivity index (χ3v) is 3.88. The topological polar surface area (TPSA) is 123 Å². The quantitative estimate of drug-likeness (QED) is 0.478. The largest absolute Gasteiger partial charge is 0.493 e. The Kier molecular flexibility index (Phi) is 7.77. The first-order chi connectivity index (χ1) is 14.3. The number of nitrogens with zero attached hydrogens (tertiary/aromatic N) is 3. The summed E-state index contributed by atoms with van der Waals surface area (Å²) < 4.78 is 39.8. The van der Waals surface area contributed by atoms with Crippen molar-refractivity contribution >= 4 is 17.4 Å². The number of aliphatic imine (C=N–C) groups is 1. The monoisotopic (exact) mass is 417 g/mol. The minimum absolute atomic E-state index is 0.0299. The van der Waals surface area contributed by atoms with Gasteiger partial charge in [-0.1, -0.05) is 0 Å². The van der Waals surface area contributed by atoms with Gasteiger partial charge in [-0.2, -0.15) is 14.0 Å². The van der Waals surface area contributed by atoms with Gasteiger partial charge in [0.15, 0.2) is 0 Å². The molecule has 0 aliphatic rings. The van der Waals surface area contributed by atoms with E-state index >= 15 is 0 Å². The van der Waals surface area contributed by atoms with E-state index in [4.69, 9.17) is 20.5 Å². The lowest BCUT2D eigenvalue weighted by atomic mass is 10.1. The van der Waals surface area contributed by atoms with E-state index in [0.29, 0.717) is 5.56 Å². The Bertz CT molecular complexity index is 956. The maximum atomic E-state index is 14.8. The number of hydrogen-bond donors (Lipinski definition) is 2. The molecule has 1 heterocycles. The fraction of sp³-hybridized carbons (Fsp3) is 0.300. The summed E-state index contributed by atoms with van der Waals surface area (Å²) in [7, 11) is 1.43. The van der Waals surface area contributed by atoms with Crippen molar-refractivity contribution in [2.24, 2.45) is 10.7 Å². The van der Waals surface area contributed by atoms with E-state index in [-0.39, 0.29) is 36.2 Å². The van der Waals surface area contributed by atoms with Crippen LogP contribution in [0.5, 0.6) is 5.75 Å². The van der Waals surface area contributed by atoms with Crippen molar-refractivity contribution in [1.82, 2.24) is 4.98 Å². The van der Waals surface area contributed by atoms with Crippen LogP contribution in [0.3, 0.4) is 0 Å². The summed E-state index contributed by atoms with van der Waals surface area (Å²) in [6.07, 6.45) is 1.25. The Balaban J connectivity index is 2.23. The summed E-state index contributed by atoms with van der Waals surface area (Å²) in [6, 6.07) is 8.59. The molecule has 2 rings (SSSR count). The number of pyridine rings is 1. The summed E-state index contributed by atoms with van der Waals surface area (Å²) in [5, 5.41) is 11.3. The van der Waals surface area contributed by atoms with E-state index in [0.717, 1.165) is 6.07 Å². The van der Waals surface area contributed by atoms with Gasteiger partial charge in [0.05, 0.1) is 17.7 Å². The third kappa shape index (κ3) is 5.96. The number of amidine groups is 1. The normalized spacial score (nSPS) is 11.6. The van der Waals surface area contributed by atoms with Gasteiger partial charge < -0.3 is 20.5 Å². The molecule has 0 unspecified atom stereocenters. The molecule has 1 aromatic carbocycles. The van der Waals surface area contributed by atoms with Crippen LogP contribution >= 0.6 is 0 Å². The number of aromatic nitrogens is 1. The minimum Gasteiger partial charge on any atom is -0.493 e. The molecule has 2 aromatic rings. The molecule has 30 heavy (non-hydrogen) atoms. The zero-order valence-corrected chi connectivity index (χ0v) is 16.5. The van der Waals surface area contributed by atoms with Gasteiger partial charge in [-0.3, -0.25) is 9.79 Å². The number of amides is 1. The van der Waals surface area contributed by atoms with E-state index in [1.807, 2.05) is 6.07 Å². The summed E-state index contributed by atoms with van der Waals surface area (Å²) in [5.74, 6) is -3.96. The molecule has 0 aliphatic carbocycles. The minimum atomic E-state index is -3.41. The lowest BCUT2D eigenvalue weighted by molar-refractivity contribution is -0.0766. The van der Waals surface area contributed by atoms with Crippen molar-refractivity contribution in [3.05, 3.63) is 53.3 Å². The first kappa shape index (κ1) is 22.7. The molecular weight excluding hydrogens is 396 g/mol. The van der Waals surface area contributed by atoms with Gasteiger partial charge in [-0.15, -0.1) is 0 Å². The molecule has 10 heteroatoms. The van der Waals surface area contributed by atoms with Crippen LogP contribution in [0.1, 0.15) is 28.5 Å². The zero-order valence-electron chi connectivity index (χ0n) is 16.5. The Morgan fingerprint density at radius 3 is 2.73 bits per heavy atom. The van der Waals surface area contributed by atoms with Gasteiger partial charge in [-0.25, -0.2) is 4.98 Å². The van der Waals surface area contributed by atoms with Gasteiger partial charge in [0.25, 0.3) is 11.8 Å². The van der Waals surface area contributed by atoms with Gasteiger partial charge in [0, 0.05) is 18.9 Å². The zero-order chi connectivity index (χ0) is 22.1. The van der Waals surface area contributed by atoms with E-state index in [1.54, 1.807) is 6.92 Å². The predicted molar refractivity (Wildman–Crippen MR) is 107 cm³/mol. The van der Waals surface area contributed by atoms with Gasteiger partial charge in [-0.05, 0) is 37.3 Å². The highest BCUT2D eigenvalue weighted by Crippen LogP contribution is 2.37. The average molecular weight is 417 g/mol. The maximum Gasteiger partial charge on any atom is 0.299 e. The molecule has 1 amide bonds. The molecule has 0 fully saturated rings. The number of carbonyl (C=O) groups excluding carboxylic acids is 1.